The number of rotatable bonds is 5. The van der Waals surface area contributed by atoms with E-state index in [1.807, 2.05) is 31.2 Å². The molecular formula is C20H21N3O3S. The van der Waals surface area contributed by atoms with Gasteiger partial charge in [-0.05, 0) is 43.4 Å². The van der Waals surface area contributed by atoms with Crippen LogP contribution >= 0.6 is 0 Å². The molecule has 1 atom stereocenters. The second-order valence-corrected chi connectivity index (χ2v) is 9.08. The maximum atomic E-state index is 13.0. The van der Waals surface area contributed by atoms with Crippen LogP contribution in [0, 0.1) is 12.8 Å². The van der Waals surface area contributed by atoms with Gasteiger partial charge in [0.2, 0.25) is 15.0 Å². The molecule has 2 aromatic heterocycles. The summed E-state index contributed by atoms with van der Waals surface area (Å²) in [6.07, 6.45) is 4.83. The van der Waals surface area contributed by atoms with Gasteiger partial charge in [0.15, 0.2) is 5.69 Å². The number of pyridine rings is 1. The summed E-state index contributed by atoms with van der Waals surface area (Å²) < 4.78 is 25.6. The first-order valence-corrected chi connectivity index (χ1v) is 10.8. The number of sulfone groups is 1. The highest BCUT2D eigenvalue weighted by Gasteiger charge is 2.34. The standard InChI is InChI=1S/C20H21N3O3S/c1-13-6-8-14(9-7-13)17(15-10-11-15)21-19(24)18-16-5-3-4-12-23(16)20(22-18)27(2,25)26/h3-9,12,15,17H,10-11H2,1-2H3,(H,21,24). The molecule has 0 saturated heterocycles. The molecule has 140 valence electrons. The Kier molecular flexibility index (Phi) is 4.26. The summed E-state index contributed by atoms with van der Waals surface area (Å²) in [7, 11) is -3.56. The summed E-state index contributed by atoms with van der Waals surface area (Å²) in [4.78, 5) is 17.2. The van der Waals surface area contributed by atoms with Gasteiger partial charge in [0, 0.05) is 12.5 Å². The van der Waals surface area contributed by atoms with E-state index in [0.29, 0.717) is 11.4 Å². The van der Waals surface area contributed by atoms with Gasteiger partial charge >= 0.3 is 0 Å². The van der Waals surface area contributed by atoms with Crippen molar-refractivity contribution in [2.24, 2.45) is 5.92 Å². The van der Waals surface area contributed by atoms with Crippen LogP contribution in [-0.2, 0) is 9.84 Å². The average molecular weight is 383 g/mol. The Morgan fingerprint density at radius 1 is 1.19 bits per heavy atom. The summed E-state index contributed by atoms with van der Waals surface area (Å²) >= 11 is 0. The lowest BCUT2D eigenvalue weighted by Gasteiger charge is -2.18. The molecule has 1 aromatic carbocycles. The highest BCUT2D eigenvalue weighted by atomic mass is 32.2. The van der Waals surface area contributed by atoms with Crippen LogP contribution in [0.1, 0.15) is 40.5 Å². The summed E-state index contributed by atoms with van der Waals surface area (Å²) in [5.74, 6) is 0.0472. The van der Waals surface area contributed by atoms with Crippen LogP contribution in [0.4, 0.5) is 0 Å². The van der Waals surface area contributed by atoms with Crippen LogP contribution < -0.4 is 5.32 Å². The van der Waals surface area contributed by atoms with Gasteiger partial charge in [-0.25, -0.2) is 13.4 Å². The maximum Gasteiger partial charge on any atom is 0.272 e. The molecule has 27 heavy (non-hydrogen) atoms. The zero-order valence-corrected chi connectivity index (χ0v) is 16.0. The Hall–Kier alpha value is -2.67. The smallest absolute Gasteiger partial charge is 0.272 e. The lowest BCUT2D eigenvalue weighted by atomic mass is 10.0. The number of nitrogens with one attached hydrogen (secondary N) is 1. The fourth-order valence-electron chi connectivity index (χ4n) is 3.32. The normalized spacial score (nSPS) is 15.6. The predicted molar refractivity (Wildman–Crippen MR) is 102 cm³/mol. The van der Waals surface area contributed by atoms with E-state index in [1.165, 1.54) is 4.40 Å². The van der Waals surface area contributed by atoms with Crippen molar-refractivity contribution in [3.05, 3.63) is 65.5 Å². The molecule has 2 heterocycles. The molecule has 1 amide bonds. The van der Waals surface area contributed by atoms with Crippen molar-refractivity contribution in [2.45, 2.75) is 31.0 Å². The first-order valence-electron chi connectivity index (χ1n) is 8.89. The second-order valence-electron chi connectivity index (χ2n) is 7.17. The van der Waals surface area contributed by atoms with E-state index in [0.717, 1.165) is 30.2 Å². The number of carbonyl (C=O) groups is 1. The zero-order chi connectivity index (χ0) is 19.2. The van der Waals surface area contributed by atoms with Crippen LogP contribution in [0.3, 0.4) is 0 Å². The summed E-state index contributed by atoms with van der Waals surface area (Å²) in [6, 6.07) is 13.2. The number of hydrogen-bond donors (Lipinski definition) is 1. The Labute approximate surface area is 158 Å². The molecule has 4 rings (SSSR count). The Morgan fingerprint density at radius 2 is 1.89 bits per heavy atom. The van der Waals surface area contributed by atoms with Crippen molar-refractivity contribution in [2.75, 3.05) is 6.26 Å². The zero-order valence-electron chi connectivity index (χ0n) is 15.2. The first-order chi connectivity index (χ1) is 12.8. The summed E-state index contributed by atoms with van der Waals surface area (Å²) in [6.45, 7) is 2.03. The Bertz CT molecular complexity index is 1110. The van der Waals surface area contributed by atoms with Gasteiger partial charge in [0.1, 0.15) is 0 Å². The van der Waals surface area contributed by atoms with Crippen LogP contribution in [0.25, 0.3) is 5.52 Å². The molecular weight excluding hydrogens is 362 g/mol. The number of carbonyl (C=O) groups excluding carboxylic acids is 1. The van der Waals surface area contributed by atoms with Crippen molar-refractivity contribution in [3.8, 4) is 0 Å². The summed E-state index contributed by atoms with van der Waals surface area (Å²) in [5.41, 5.74) is 2.84. The van der Waals surface area contributed by atoms with Crippen molar-refractivity contribution in [3.63, 3.8) is 0 Å². The molecule has 6 nitrogen and oxygen atoms in total. The van der Waals surface area contributed by atoms with E-state index < -0.39 is 9.84 Å². The third-order valence-electron chi connectivity index (χ3n) is 4.88. The molecule has 0 spiro atoms. The third-order valence-corrected chi connectivity index (χ3v) is 5.83. The van der Waals surface area contributed by atoms with Crippen LogP contribution in [0.2, 0.25) is 0 Å². The number of benzene rings is 1. The number of hydrogen-bond acceptors (Lipinski definition) is 4. The molecule has 1 aliphatic rings. The minimum absolute atomic E-state index is 0.0970. The number of aryl methyl sites for hydroxylation is 1. The molecule has 1 fully saturated rings. The molecule has 7 heteroatoms. The molecule has 1 N–H and O–H groups in total. The fourth-order valence-corrected chi connectivity index (χ4v) is 4.10. The molecule has 0 aliphatic heterocycles. The monoisotopic (exact) mass is 383 g/mol. The number of amides is 1. The lowest BCUT2D eigenvalue weighted by molar-refractivity contribution is 0.0928. The first kappa shape index (κ1) is 17.7. The van der Waals surface area contributed by atoms with Gasteiger partial charge in [-0.1, -0.05) is 35.9 Å². The topological polar surface area (TPSA) is 80.5 Å². The van der Waals surface area contributed by atoms with Gasteiger partial charge < -0.3 is 5.32 Å². The highest BCUT2D eigenvalue weighted by Crippen LogP contribution is 2.41. The third kappa shape index (κ3) is 3.47. The van der Waals surface area contributed by atoms with Crippen molar-refractivity contribution >= 4 is 21.3 Å². The lowest BCUT2D eigenvalue weighted by Crippen LogP contribution is -2.30. The van der Waals surface area contributed by atoms with E-state index in [9.17, 15) is 13.2 Å². The van der Waals surface area contributed by atoms with Crippen molar-refractivity contribution < 1.29 is 13.2 Å². The van der Waals surface area contributed by atoms with Gasteiger partial charge in [0.25, 0.3) is 5.91 Å². The Balaban J connectivity index is 1.71. The van der Waals surface area contributed by atoms with Crippen molar-refractivity contribution in [1.82, 2.24) is 14.7 Å². The molecule has 0 radical (unpaired) electrons. The van der Waals surface area contributed by atoms with Crippen LogP contribution in [0.5, 0.6) is 0 Å². The van der Waals surface area contributed by atoms with E-state index in [4.69, 9.17) is 0 Å². The largest absolute Gasteiger partial charge is 0.344 e. The van der Waals surface area contributed by atoms with Gasteiger partial charge in [0.05, 0.1) is 11.6 Å². The minimum atomic E-state index is -3.56. The highest BCUT2D eigenvalue weighted by molar-refractivity contribution is 7.90. The van der Waals surface area contributed by atoms with E-state index in [1.54, 1.807) is 24.4 Å². The van der Waals surface area contributed by atoms with Gasteiger partial charge in [-0.3, -0.25) is 9.20 Å². The van der Waals surface area contributed by atoms with E-state index in [2.05, 4.69) is 10.3 Å². The number of aromatic nitrogens is 2. The average Bonchev–Trinajstić information content (AvgIpc) is 3.38. The maximum absolute atomic E-state index is 13.0. The minimum Gasteiger partial charge on any atom is -0.344 e. The molecule has 1 aliphatic carbocycles. The molecule has 3 aromatic rings. The SMILES string of the molecule is Cc1ccc(C(NC(=O)c2nc(S(C)(=O)=O)n3ccccc23)C2CC2)cc1. The van der Waals surface area contributed by atoms with Crippen LogP contribution in [-0.4, -0.2) is 30.0 Å². The van der Waals surface area contributed by atoms with E-state index in [-0.39, 0.29) is 22.8 Å². The quantitative estimate of drug-likeness (QED) is 0.735. The van der Waals surface area contributed by atoms with Crippen LogP contribution in [0.15, 0.2) is 53.8 Å². The summed E-state index contributed by atoms with van der Waals surface area (Å²) in [5, 5.41) is 2.95. The van der Waals surface area contributed by atoms with Gasteiger partial charge in [-0.2, -0.15) is 0 Å². The predicted octanol–water partition coefficient (Wildman–Crippen LogP) is 2.93. The van der Waals surface area contributed by atoms with Gasteiger partial charge in [-0.15, -0.1) is 0 Å². The number of fused-ring (bicyclic) bond motifs is 1. The molecule has 1 unspecified atom stereocenters. The molecule has 1 saturated carbocycles. The fraction of sp³-hybridized carbons (Fsp3) is 0.300. The second kappa shape index (κ2) is 6.49. The molecule has 0 bridgehead atoms. The van der Waals surface area contributed by atoms with Crippen molar-refractivity contribution in [1.29, 1.82) is 0 Å². The number of imidazole rings is 1. The number of nitrogens with zero attached hydrogens (tertiary/aromatic N) is 2. The van der Waals surface area contributed by atoms with E-state index >= 15 is 0 Å². The Morgan fingerprint density at radius 3 is 2.52 bits per heavy atom.